The summed E-state index contributed by atoms with van der Waals surface area (Å²) >= 11 is 0. The van der Waals surface area contributed by atoms with Crippen molar-refractivity contribution in [1.29, 1.82) is 0 Å². The molecule has 0 aliphatic heterocycles. The smallest absolute Gasteiger partial charge is 0.404 e. The molecule has 0 N–H and O–H groups in total. The van der Waals surface area contributed by atoms with Crippen molar-refractivity contribution >= 4 is 18.1 Å². The first-order valence-corrected chi connectivity index (χ1v) is 6.11. The molecule has 0 fully saturated rings. The number of carbonyl (C=O) groups is 2. The third-order valence-electron chi connectivity index (χ3n) is 2.67. The Morgan fingerprint density at radius 1 is 1.30 bits per heavy atom. The SMILES string of the molecule is CCN(CC)C(=O)OC(=C(F)F)c1cccc(C=O)c1. The first-order chi connectivity index (χ1) is 9.53. The second-order valence-electron chi connectivity index (χ2n) is 3.87. The summed E-state index contributed by atoms with van der Waals surface area (Å²) in [4.78, 5) is 23.6. The molecule has 1 amide bonds. The van der Waals surface area contributed by atoms with E-state index in [0.717, 1.165) is 0 Å². The molecule has 108 valence electrons. The number of carbonyl (C=O) groups excluding carboxylic acids is 2. The van der Waals surface area contributed by atoms with E-state index in [4.69, 9.17) is 4.74 Å². The van der Waals surface area contributed by atoms with Crippen molar-refractivity contribution in [2.45, 2.75) is 13.8 Å². The minimum atomic E-state index is -2.12. The number of nitrogens with zero attached hydrogens (tertiary/aromatic N) is 1. The van der Waals surface area contributed by atoms with Crippen LogP contribution in [0.4, 0.5) is 13.6 Å². The van der Waals surface area contributed by atoms with E-state index >= 15 is 0 Å². The molecule has 20 heavy (non-hydrogen) atoms. The van der Waals surface area contributed by atoms with Gasteiger partial charge < -0.3 is 9.64 Å². The Morgan fingerprint density at radius 3 is 2.45 bits per heavy atom. The molecular formula is C14H15F2NO3. The topological polar surface area (TPSA) is 46.6 Å². The predicted molar refractivity (Wildman–Crippen MR) is 70.4 cm³/mol. The van der Waals surface area contributed by atoms with Crippen LogP contribution in [0, 0.1) is 0 Å². The number of ether oxygens (including phenoxy) is 1. The molecule has 0 radical (unpaired) electrons. The molecule has 0 saturated heterocycles. The molecular weight excluding hydrogens is 268 g/mol. The highest BCUT2D eigenvalue weighted by atomic mass is 19.3. The Morgan fingerprint density at radius 2 is 1.95 bits per heavy atom. The van der Waals surface area contributed by atoms with Crippen molar-refractivity contribution in [1.82, 2.24) is 4.90 Å². The fourth-order valence-corrected chi connectivity index (χ4v) is 1.59. The number of hydrogen-bond donors (Lipinski definition) is 0. The minimum absolute atomic E-state index is 0.0184. The third-order valence-corrected chi connectivity index (χ3v) is 2.67. The van der Waals surface area contributed by atoms with E-state index in [-0.39, 0.29) is 11.1 Å². The normalized spacial score (nSPS) is 9.80. The summed E-state index contributed by atoms with van der Waals surface area (Å²) in [5.74, 6) is -0.828. The average Bonchev–Trinajstić information content (AvgIpc) is 2.45. The summed E-state index contributed by atoms with van der Waals surface area (Å²) in [5, 5.41) is 0. The maximum Gasteiger partial charge on any atom is 0.415 e. The molecule has 0 spiro atoms. The van der Waals surface area contributed by atoms with Gasteiger partial charge in [0, 0.05) is 24.2 Å². The van der Waals surface area contributed by atoms with Crippen LogP contribution in [0.15, 0.2) is 30.3 Å². The second kappa shape index (κ2) is 7.37. The molecule has 0 heterocycles. The lowest BCUT2D eigenvalue weighted by molar-refractivity contribution is 0.112. The van der Waals surface area contributed by atoms with Gasteiger partial charge in [0.05, 0.1) is 0 Å². The Bertz CT molecular complexity index is 521. The van der Waals surface area contributed by atoms with Crippen molar-refractivity contribution < 1.29 is 23.1 Å². The van der Waals surface area contributed by atoms with Crippen LogP contribution in [0.25, 0.3) is 5.76 Å². The second-order valence-corrected chi connectivity index (χ2v) is 3.87. The average molecular weight is 283 g/mol. The highest BCUT2D eigenvalue weighted by molar-refractivity contribution is 5.80. The summed E-state index contributed by atoms with van der Waals surface area (Å²) in [6.45, 7) is 4.13. The number of hydrogen-bond acceptors (Lipinski definition) is 3. The number of benzene rings is 1. The van der Waals surface area contributed by atoms with Gasteiger partial charge in [0.15, 0.2) is 0 Å². The van der Waals surface area contributed by atoms with Gasteiger partial charge in [-0.1, -0.05) is 18.2 Å². The predicted octanol–water partition coefficient (Wildman–Crippen LogP) is 3.54. The van der Waals surface area contributed by atoms with Gasteiger partial charge in [0.25, 0.3) is 0 Å². The van der Waals surface area contributed by atoms with Crippen LogP contribution in [0.1, 0.15) is 29.8 Å². The van der Waals surface area contributed by atoms with Crippen molar-refractivity contribution in [3.63, 3.8) is 0 Å². The van der Waals surface area contributed by atoms with E-state index in [2.05, 4.69) is 0 Å². The van der Waals surface area contributed by atoms with Gasteiger partial charge in [-0.15, -0.1) is 0 Å². The largest absolute Gasteiger partial charge is 0.415 e. The summed E-state index contributed by atoms with van der Waals surface area (Å²) in [6, 6.07) is 5.48. The maximum absolute atomic E-state index is 12.9. The van der Waals surface area contributed by atoms with Crippen LogP contribution in [0.5, 0.6) is 0 Å². The van der Waals surface area contributed by atoms with Crippen molar-refractivity contribution in [3.8, 4) is 0 Å². The Balaban J connectivity index is 3.05. The quantitative estimate of drug-likeness (QED) is 0.613. The highest BCUT2D eigenvalue weighted by Gasteiger charge is 2.19. The monoisotopic (exact) mass is 283 g/mol. The lowest BCUT2D eigenvalue weighted by Gasteiger charge is -2.18. The molecule has 0 saturated carbocycles. The summed E-state index contributed by atoms with van der Waals surface area (Å²) in [6.07, 6.45) is -2.44. The van der Waals surface area contributed by atoms with Crippen LogP contribution in [-0.2, 0) is 4.74 Å². The zero-order valence-corrected chi connectivity index (χ0v) is 11.2. The van der Waals surface area contributed by atoms with Gasteiger partial charge in [-0.2, -0.15) is 8.78 Å². The van der Waals surface area contributed by atoms with Crippen molar-refractivity contribution in [2.75, 3.05) is 13.1 Å². The van der Waals surface area contributed by atoms with E-state index in [1.807, 2.05) is 0 Å². The molecule has 1 rings (SSSR count). The van der Waals surface area contributed by atoms with Crippen LogP contribution < -0.4 is 0 Å². The van der Waals surface area contributed by atoms with E-state index < -0.39 is 17.9 Å². The molecule has 1 aromatic rings. The Kier molecular flexibility index (Phi) is 5.83. The zero-order chi connectivity index (χ0) is 15.1. The van der Waals surface area contributed by atoms with E-state index in [1.165, 1.54) is 29.2 Å². The molecule has 6 heteroatoms. The van der Waals surface area contributed by atoms with Gasteiger partial charge in [-0.05, 0) is 19.9 Å². The molecule has 0 aliphatic carbocycles. The number of rotatable bonds is 5. The first-order valence-electron chi connectivity index (χ1n) is 6.11. The van der Waals surface area contributed by atoms with Crippen molar-refractivity contribution in [3.05, 3.63) is 41.5 Å². The highest BCUT2D eigenvalue weighted by Crippen LogP contribution is 2.23. The third kappa shape index (κ3) is 3.88. The molecule has 4 nitrogen and oxygen atoms in total. The summed E-state index contributed by atoms with van der Waals surface area (Å²) in [7, 11) is 0. The molecule has 0 atom stereocenters. The summed E-state index contributed by atoms with van der Waals surface area (Å²) < 4.78 is 30.6. The fraction of sp³-hybridized carbons (Fsp3) is 0.286. The number of amides is 1. The van der Waals surface area contributed by atoms with Gasteiger partial charge in [0.1, 0.15) is 6.29 Å². The molecule has 1 aromatic carbocycles. The lowest BCUT2D eigenvalue weighted by atomic mass is 10.1. The minimum Gasteiger partial charge on any atom is -0.404 e. The van der Waals surface area contributed by atoms with Gasteiger partial charge in [0.2, 0.25) is 5.76 Å². The molecule has 0 aromatic heterocycles. The van der Waals surface area contributed by atoms with Crippen LogP contribution in [0.3, 0.4) is 0 Å². The van der Waals surface area contributed by atoms with E-state index in [9.17, 15) is 18.4 Å². The fourth-order valence-electron chi connectivity index (χ4n) is 1.59. The Hall–Kier alpha value is -2.24. The first kappa shape index (κ1) is 15.8. The summed E-state index contributed by atoms with van der Waals surface area (Å²) in [5.41, 5.74) is 0.204. The number of aldehydes is 1. The van der Waals surface area contributed by atoms with Gasteiger partial charge in [-0.3, -0.25) is 4.79 Å². The standard InChI is InChI=1S/C14H15F2NO3/c1-3-17(4-2)14(19)20-12(13(15)16)11-7-5-6-10(8-11)9-18/h5-9H,3-4H2,1-2H3. The van der Waals surface area contributed by atoms with Crippen LogP contribution in [0.2, 0.25) is 0 Å². The maximum atomic E-state index is 12.9. The van der Waals surface area contributed by atoms with E-state index in [0.29, 0.717) is 19.4 Å². The zero-order valence-electron chi connectivity index (χ0n) is 11.2. The van der Waals surface area contributed by atoms with Gasteiger partial charge in [-0.25, -0.2) is 4.79 Å². The van der Waals surface area contributed by atoms with Crippen LogP contribution >= 0.6 is 0 Å². The number of halogens is 2. The lowest BCUT2D eigenvalue weighted by Crippen LogP contribution is -2.30. The van der Waals surface area contributed by atoms with Crippen molar-refractivity contribution in [2.24, 2.45) is 0 Å². The molecule has 0 aliphatic rings. The Labute approximate surface area is 115 Å². The van der Waals surface area contributed by atoms with Gasteiger partial charge >= 0.3 is 12.2 Å². The van der Waals surface area contributed by atoms with Crippen LogP contribution in [-0.4, -0.2) is 30.4 Å². The molecule has 0 bridgehead atoms. The molecule has 0 unspecified atom stereocenters. The van der Waals surface area contributed by atoms with E-state index in [1.54, 1.807) is 13.8 Å².